The summed E-state index contributed by atoms with van der Waals surface area (Å²) in [5.74, 6) is 0.659. The van der Waals surface area contributed by atoms with Crippen LogP contribution in [0.4, 0.5) is 0 Å². The summed E-state index contributed by atoms with van der Waals surface area (Å²) in [5, 5.41) is 13.3. The van der Waals surface area contributed by atoms with Gasteiger partial charge >= 0.3 is 0 Å². The molecule has 2 rings (SSSR count). The van der Waals surface area contributed by atoms with Gasteiger partial charge in [-0.2, -0.15) is 0 Å². The molecule has 1 atom stereocenters. The maximum absolute atomic E-state index is 9.74. The Hall–Kier alpha value is -1.00. The highest BCUT2D eigenvalue weighted by molar-refractivity contribution is 9.10. The van der Waals surface area contributed by atoms with Crippen molar-refractivity contribution in [3.05, 3.63) is 34.3 Å². The summed E-state index contributed by atoms with van der Waals surface area (Å²) < 4.78 is 5.81. The lowest BCUT2D eigenvalue weighted by Crippen LogP contribution is -2.29. The van der Waals surface area contributed by atoms with Crippen molar-refractivity contribution in [2.24, 2.45) is 0 Å². The van der Waals surface area contributed by atoms with Crippen molar-refractivity contribution in [3.63, 3.8) is 0 Å². The Morgan fingerprint density at radius 2 is 2.28 bits per heavy atom. The van der Waals surface area contributed by atoms with E-state index in [1.54, 1.807) is 7.11 Å². The maximum atomic E-state index is 9.74. The predicted octanol–water partition coefficient (Wildman–Crippen LogP) is 3.36. The quantitative estimate of drug-likeness (QED) is 0.838. The molecule has 98 valence electrons. The molecule has 2 N–H and O–H groups in total. The van der Waals surface area contributed by atoms with Gasteiger partial charge in [-0.05, 0) is 52.9 Å². The SMILES string of the molecule is COc1cc(CNC2CC=CCC2)cc(Br)c1O. The Morgan fingerprint density at radius 1 is 1.44 bits per heavy atom. The van der Waals surface area contributed by atoms with Crippen LogP contribution in [0.15, 0.2) is 28.8 Å². The molecular formula is C14H18BrNO2. The molecule has 0 heterocycles. The summed E-state index contributed by atoms with van der Waals surface area (Å²) >= 11 is 3.33. The fraction of sp³-hybridized carbons (Fsp3) is 0.429. The minimum Gasteiger partial charge on any atom is -0.503 e. The zero-order valence-corrected chi connectivity index (χ0v) is 12.0. The van der Waals surface area contributed by atoms with Crippen molar-refractivity contribution in [3.8, 4) is 11.5 Å². The molecular weight excluding hydrogens is 294 g/mol. The van der Waals surface area contributed by atoms with Gasteiger partial charge in [-0.15, -0.1) is 0 Å². The van der Waals surface area contributed by atoms with Gasteiger partial charge in [0.15, 0.2) is 11.5 Å². The van der Waals surface area contributed by atoms with Crippen molar-refractivity contribution < 1.29 is 9.84 Å². The zero-order valence-electron chi connectivity index (χ0n) is 10.4. The van der Waals surface area contributed by atoms with Crippen LogP contribution in [-0.4, -0.2) is 18.3 Å². The molecule has 0 saturated carbocycles. The standard InChI is InChI=1S/C14H18BrNO2/c1-18-13-8-10(7-12(15)14(13)17)9-16-11-5-3-2-4-6-11/h2-3,7-8,11,16-17H,4-6,9H2,1H3. The van der Waals surface area contributed by atoms with Crippen LogP contribution >= 0.6 is 15.9 Å². The van der Waals surface area contributed by atoms with Crippen LogP contribution in [0.2, 0.25) is 0 Å². The Balaban J connectivity index is 2.00. The average molecular weight is 312 g/mol. The maximum Gasteiger partial charge on any atom is 0.172 e. The third-order valence-corrected chi connectivity index (χ3v) is 3.78. The highest BCUT2D eigenvalue weighted by atomic mass is 79.9. The number of benzene rings is 1. The first kappa shape index (κ1) is 13.4. The normalized spacial score (nSPS) is 18.9. The number of phenols is 1. The molecule has 0 radical (unpaired) electrons. The van der Waals surface area contributed by atoms with Gasteiger partial charge in [-0.3, -0.25) is 0 Å². The first-order chi connectivity index (χ1) is 8.70. The lowest BCUT2D eigenvalue weighted by atomic mass is 10.0. The number of methoxy groups -OCH3 is 1. The summed E-state index contributed by atoms with van der Waals surface area (Å²) in [5.41, 5.74) is 1.10. The molecule has 1 aliphatic carbocycles. The molecule has 0 bridgehead atoms. The van der Waals surface area contributed by atoms with Gasteiger partial charge in [0.05, 0.1) is 11.6 Å². The van der Waals surface area contributed by atoms with Gasteiger partial charge in [0, 0.05) is 12.6 Å². The third kappa shape index (κ3) is 3.27. The minimum absolute atomic E-state index is 0.154. The van der Waals surface area contributed by atoms with Crippen LogP contribution in [0.3, 0.4) is 0 Å². The summed E-state index contributed by atoms with van der Waals surface area (Å²) in [6, 6.07) is 4.34. The average Bonchev–Trinajstić information content (AvgIpc) is 2.41. The Labute approximate surface area is 116 Å². The molecule has 1 aromatic carbocycles. The van der Waals surface area contributed by atoms with Crippen molar-refractivity contribution in [1.82, 2.24) is 5.32 Å². The lowest BCUT2D eigenvalue weighted by Gasteiger charge is -2.19. The molecule has 18 heavy (non-hydrogen) atoms. The largest absolute Gasteiger partial charge is 0.503 e. The second-order valence-corrected chi connectivity index (χ2v) is 5.35. The first-order valence-corrected chi connectivity index (χ1v) is 6.93. The summed E-state index contributed by atoms with van der Waals surface area (Å²) in [4.78, 5) is 0. The predicted molar refractivity (Wildman–Crippen MR) is 76.0 cm³/mol. The van der Waals surface area contributed by atoms with Gasteiger partial charge in [0.25, 0.3) is 0 Å². The van der Waals surface area contributed by atoms with Crippen LogP contribution in [0, 0.1) is 0 Å². The molecule has 0 amide bonds. The fourth-order valence-corrected chi connectivity index (χ4v) is 2.62. The van der Waals surface area contributed by atoms with E-state index in [2.05, 4.69) is 33.4 Å². The van der Waals surface area contributed by atoms with Gasteiger partial charge < -0.3 is 15.2 Å². The van der Waals surface area contributed by atoms with Crippen molar-refractivity contribution in [1.29, 1.82) is 0 Å². The fourth-order valence-electron chi connectivity index (χ4n) is 2.13. The topological polar surface area (TPSA) is 41.5 Å². The van der Waals surface area contributed by atoms with Crippen molar-refractivity contribution in [2.75, 3.05) is 7.11 Å². The second-order valence-electron chi connectivity index (χ2n) is 4.49. The van der Waals surface area contributed by atoms with Crippen LogP contribution in [-0.2, 0) is 6.54 Å². The van der Waals surface area contributed by atoms with E-state index < -0.39 is 0 Å². The van der Waals surface area contributed by atoms with E-state index in [0.717, 1.165) is 24.9 Å². The monoisotopic (exact) mass is 311 g/mol. The van der Waals surface area contributed by atoms with E-state index in [1.807, 2.05) is 12.1 Å². The molecule has 0 saturated heterocycles. The van der Waals surface area contributed by atoms with E-state index in [4.69, 9.17) is 4.74 Å². The van der Waals surface area contributed by atoms with E-state index in [0.29, 0.717) is 16.3 Å². The van der Waals surface area contributed by atoms with Crippen LogP contribution in [0.1, 0.15) is 24.8 Å². The molecule has 0 fully saturated rings. The molecule has 0 aromatic heterocycles. The van der Waals surface area contributed by atoms with E-state index in [-0.39, 0.29) is 5.75 Å². The number of rotatable bonds is 4. The molecule has 1 unspecified atom stereocenters. The third-order valence-electron chi connectivity index (χ3n) is 3.17. The molecule has 0 spiro atoms. The summed E-state index contributed by atoms with van der Waals surface area (Å²) in [6.07, 6.45) is 7.90. The number of allylic oxidation sites excluding steroid dienone is 1. The van der Waals surface area contributed by atoms with E-state index >= 15 is 0 Å². The Kier molecular flexibility index (Phi) is 4.66. The Morgan fingerprint density at radius 3 is 2.94 bits per heavy atom. The number of ether oxygens (including phenoxy) is 1. The molecule has 4 heteroatoms. The first-order valence-electron chi connectivity index (χ1n) is 6.14. The smallest absolute Gasteiger partial charge is 0.172 e. The lowest BCUT2D eigenvalue weighted by molar-refractivity contribution is 0.371. The molecule has 1 aliphatic rings. The Bertz CT molecular complexity index is 446. The van der Waals surface area contributed by atoms with Crippen molar-refractivity contribution >= 4 is 15.9 Å². The van der Waals surface area contributed by atoms with E-state index in [9.17, 15) is 5.11 Å². The van der Waals surface area contributed by atoms with E-state index in [1.165, 1.54) is 6.42 Å². The van der Waals surface area contributed by atoms with Gasteiger partial charge in [0.2, 0.25) is 0 Å². The number of nitrogens with one attached hydrogen (secondary N) is 1. The number of phenolic OH excluding ortho intramolecular Hbond substituents is 1. The molecule has 0 aliphatic heterocycles. The van der Waals surface area contributed by atoms with Crippen molar-refractivity contribution in [2.45, 2.75) is 31.8 Å². The summed E-state index contributed by atoms with van der Waals surface area (Å²) in [7, 11) is 1.56. The van der Waals surface area contributed by atoms with Crippen LogP contribution < -0.4 is 10.1 Å². The minimum atomic E-state index is 0.154. The number of hydrogen-bond donors (Lipinski definition) is 2. The molecule has 3 nitrogen and oxygen atoms in total. The molecule has 1 aromatic rings. The zero-order chi connectivity index (χ0) is 13.0. The van der Waals surface area contributed by atoms with Gasteiger partial charge in [0.1, 0.15) is 0 Å². The highest BCUT2D eigenvalue weighted by Crippen LogP contribution is 2.35. The highest BCUT2D eigenvalue weighted by Gasteiger charge is 2.11. The van der Waals surface area contributed by atoms with Crippen LogP contribution in [0.5, 0.6) is 11.5 Å². The number of halogens is 1. The number of hydrogen-bond acceptors (Lipinski definition) is 3. The van der Waals surface area contributed by atoms with Gasteiger partial charge in [-0.1, -0.05) is 12.2 Å². The summed E-state index contributed by atoms with van der Waals surface area (Å²) in [6.45, 7) is 0.785. The van der Waals surface area contributed by atoms with Crippen LogP contribution in [0.25, 0.3) is 0 Å². The second kappa shape index (κ2) is 6.25. The number of aromatic hydroxyl groups is 1. The van der Waals surface area contributed by atoms with Gasteiger partial charge in [-0.25, -0.2) is 0 Å².